The first-order chi connectivity index (χ1) is 6.15. The number of hydrogen-bond acceptors (Lipinski definition) is 4. The number of nitrogens with two attached hydrogens (primary N) is 2. The van der Waals surface area contributed by atoms with Crippen molar-refractivity contribution in [2.24, 2.45) is 5.73 Å². The van der Waals surface area contributed by atoms with Gasteiger partial charge in [-0.15, -0.1) is 0 Å². The Bertz CT molecular complexity index is 289. The molecule has 0 aliphatic rings. The molecule has 5 N–H and O–H groups in total. The second-order valence-corrected chi connectivity index (χ2v) is 2.88. The topological polar surface area (TPSA) is 81.5 Å². The van der Waals surface area contributed by atoms with Crippen LogP contribution in [0.4, 0.5) is 5.69 Å². The van der Waals surface area contributed by atoms with Gasteiger partial charge in [0.15, 0.2) is 0 Å². The molecule has 0 saturated carbocycles. The van der Waals surface area contributed by atoms with Crippen molar-refractivity contribution in [3.05, 3.63) is 23.8 Å². The number of rotatable bonds is 3. The third-order valence-electron chi connectivity index (χ3n) is 1.80. The lowest BCUT2D eigenvalue weighted by Crippen LogP contribution is -2.16. The van der Waals surface area contributed by atoms with Crippen LogP contribution in [0.1, 0.15) is 11.6 Å². The van der Waals surface area contributed by atoms with E-state index in [2.05, 4.69) is 0 Å². The maximum Gasteiger partial charge on any atom is 0.120 e. The van der Waals surface area contributed by atoms with Crippen LogP contribution < -0.4 is 11.5 Å². The van der Waals surface area contributed by atoms with Gasteiger partial charge in [0.1, 0.15) is 5.75 Å². The minimum absolute atomic E-state index is 0.152. The smallest absolute Gasteiger partial charge is 0.120 e. The van der Waals surface area contributed by atoms with E-state index in [1.807, 2.05) is 0 Å². The van der Waals surface area contributed by atoms with Crippen LogP contribution in [-0.4, -0.2) is 18.8 Å². The van der Waals surface area contributed by atoms with Gasteiger partial charge >= 0.3 is 0 Å². The lowest BCUT2D eigenvalue weighted by atomic mass is 10.1. The third kappa shape index (κ3) is 2.34. The quantitative estimate of drug-likeness (QED) is 0.473. The highest BCUT2D eigenvalue weighted by Crippen LogP contribution is 2.24. The molecule has 1 rings (SSSR count). The van der Waals surface area contributed by atoms with E-state index in [1.54, 1.807) is 19.2 Å². The van der Waals surface area contributed by atoms with Gasteiger partial charge in [-0.2, -0.15) is 0 Å². The maximum absolute atomic E-state index is 9.44. The molecule has 0 heterocycles. The largest absolute Gasteiger partial charge is 0.508 e. The van der Waals surface area contributed by atoms with Crippen LogP contribution >= 0.6 is 0 Å². The Kier molecular flexibility index (Phi) is 3.11. The Morgan fingerprint density at radius 2 is 2.23 bits per heavy atom. The summed E-state index contributed by atoms with van der Waals surface area (Å²) >= 11 is 0. The number of phenolic OH excluding ortho intramolecular Hbond substituents is 1. The Morgan fingerprint density at radius 1 is 1.54 bits per heavy atom. The first-order valence-corrected chi connectivity index (χ1v) is 3.98. The van der Waals surface area contributed by atoms with Crippen molar-refractivity contribution < 1.29 is 9.84 Å². The number of anilines is 1. The fraction of sp³-hybridized carbons (Fsp3) is 0.333. The van der Waals surface area contributed by atoms with Crippen molar-refractivity contribution in [1.82, 2.24) is 0 Å². The molecule has 0 amide bonds. The molecule has 0 bridgehead atoms. The zero-order chi connectivity index (χ0) is 9.84. The summed E-state index contributed by atoms with van der Waals surface area (Å²) in [5.41, 5.74) is 12.5. The molecule has 0 aliphatic carbocycles. The van der Waals surface area contributed by atoms with E-state index >= 15 is 0 Å². The number of ether oxygens (including phenoxy) is 1. The highest BCUT2D eigenvalue weighted by molar-refractivity contribution is 5.48. The summed E-state index contributed by atoms with van der Waals surface area (Å²) in [6.45, 7) is 0.358. The van der Waals surface area contributed by atoms with Gasteiger partial charge in [0.05, 0.1) is 12.6 Å². The molecular weight excluding hydrogens is 168 g/mol. The van der Waals surface area contributed by atoms with E-state index in [0.29, 0.717) is 17.9 Å². The minimum Gasteiger partial charge on any atom is -0.508 e. The van der Waals surface area contributed by atoms with Gasteiger partial charge in [0.2, 0.25) is 0 Å². The van der Waals surface area contributed by atoms with Gasteiger partial charge in [-0.05, 0) is 18.2 Å². The highest BCUT2D eigenvalue weighted by Gasteiger charge is 2.10. The molecule has 4 heteroatoms. The van der Waals surface area contributed by atoms with Crippen LogP contribution in [0, 0.1) is 0 Å². The van der Waals surface area contributed by atoms with Gasteiger partial charge in [0, 0.05) is 18.4 Å². The fourth-order valence-electron chi connectivity index (χ4n) is 1.14. The lowest BCUT2D eigenvalue weighted by Gasteiger charge is -2.12. The summed E-state index contributed by atoms with van der Waals surface area (Å²) in [4.78, 5) is 0. The summed E-state index contributed by atoms with van der Waals surface area (Å²) in [5, 5.41) is 9.44. The molecule has 1 aromatic rings. The van der Waals surface area contributed by atoms with Gasteiger partial charge in [-0.1, -0.05) is 0 Å². The summed E-state index contributed by atoms with van der Waals surface area (Å²) in [6.07, 6.45) is 0. The zero-order valence-electron chi connectivity index (χ0n) is 7.53. The maximum atomic E-state index is 9.44. The van der Waals surface area contributed by atoms with Crippen molar-refractivity contribution in [2.75, 3.05) is 19.5 Å². The number of nitrogen functional groups attached to an aromatic ring is 1. The van der Waals surface area contributed by atoms with Crippen molar-refractivity contribution in [3.63, 3.8) is 0 Å². The lowest BCUT2D eigenvalue weighted by molar-refractivity contribution is 0.180. The van der Waals surface area contributed by atoms with Gasteiger partial charge < -0.3 is 21.3 Å². The molecule has 0 spiro atoms. The van der Waals surface area contributed by atoms with E-state index in [-0.39, 0.29) is 11.8 Å². The van der Waals surface area contributed by atoms with Crippen LogP contribution in [0.2, 0.25) is 0 Å². The Hall–Kier alpha value is -1.26. The molecule has 4 nitrogen and oxygen atoms in total. The summed E-state index contributed by atoms with van der Waals surface area (Å²) in [6, 6.07) is 4.46. The second kappa shape index (κ2) is 4.11. The van der Waals surface area contributed by atoms with Crippen LogP contribution in [-0.2, 0) is 4.74 Å². The normalized spacial score (nSPS) is 12.8. The Balaban J connectivity index is 2.91. The average Bonchev–Trinajstić information content (AvgIpc) is 2.09. The first-order valence-electron chi connectivity index (χ1n) is 3.98. The molecular formula is C9H14N2O2. The van der Waals surface area contributed by atoms with Crippen LogP contribution in [0.5, 0.6) is 5.75 Å². The molecule has 0 aromatic heterocycles. The zero-order valence-corrected chi connectivity index (χ0v) is 7.53. The summed E-state index contributed by atoms with van der Waals surface area (Å²) < 4.78 is 4.88. The van der Waals surface area contributed by atoms with E-state index < -0.39 is 0 Å². The molecule has 1 aromatic carbocycles. The molecule has 0 saturated heterocycles. The van der Waals surface area contributed by atoms with E-state index in [9.17, 15) is 5.11 Å². The fourth-order valence-corrected chi connectivity index (χ4v) is 1.14. The van der Waals surface area contributed by atoms with Crippen LogP contribution in [0.15, 0.2) is 18.2 Å². The van der Waals surface area contributed by atoms with Crippen molar-refractivity contribution >= 4 is 5.69 Å². The molecule has 72 valence electrons. The molecule has 0 radical (unpaired) electrons. The predicted molar refractivity (Wildman–Crippen MR) is 51.3 cm³/mol. The van der Waals surface area contributed by atoms with E-state index in [4.69, 9.17) is 16.2 Å². The van der Waals surface area contributed by atoms with Crippen molar-refractivity contribution in [1.29, 1.82) is 0 Å². The number of aromatic hydroxyl groups is 1. The number of hydrogen-bond donors (Lipinski definition) is 3. The van der Waals surface area contributed by atoms with E-state index in [1.165, 1.54) is 6.07 Å². The summed E-state index contributed by atoms with van der Waals surface area (Å²) in [7, 11) is 1.56. The molecule has 0 fully saturated rings. The molecule has 0 aliphatic heterocycles. The number of phenols is 1. The molecule has 13 heavy (non-hydrogen) atoms. The van der Waals surface area contributed by atoms with Gasteiger partial charge in [-0.25, -0.2) is 0 Å². The first kappa shape index (κ1) is 9.83. The minimum atomic E-state index is -0.339. The molecule has 1 atom stereocenters. The molecule has 1 unspecified atom stereocenters. The Labute approximate surface area is 77.1 Å². The van der Waals surface area contributed by atoms with Gasteiger partial charge in [0.25, 0.3) is 0 Å². The van der Waals surface area contributed by atoms with Gasteiger partial charge in [-0.3, -0.25) is 0 Å². The monoisotopic (exact) mass is 182 g/mol. The third-order valence-corrected chi connectivity index (χ3v) is 1.80. The average molecular weight is 182 g/mol. The number of benzene rings is 1. The van der Waals surface area contributed by atoms with Crippen molar-refractivity contribution in [2.45, 2.75) is 6.04 Å². The SMILES string of the molecule is COCC(N)c1cc(N)ccc1O. The second-order valence-electron chi connectivity index (χ2n) is 2.88. The standard InChI is InChI=1S/C9H14N2O2/c1-13-5-8(11)7-4-6(10)2-3-9(7)12/h2-4,8,12H,5,10-11H2,1H3. The van der Waals surface area contributed by atoms with Crippen LogP contribution in [0.3, 0.4) is 0 Å². The van der Waals surface area contributed by atoms with Crippen molar-refractivity contribution in [3.8, 4) is 5.75 Å². The van der Waals surface area contributed by atoms with Crippen LogP contribution in [0.25, 0.3) is 0 Å². The Morgan fingerprint density at radius 3 is 2.85 bits per heavy atom. The summed E-state index contributed by atoms with van der Waals surface area (Å²) in [5.74, 6) is 0.152. The number of methoxy groups -OCH3 is 1. The highest BCUT2D eigenvalue weighted by atomic mass is 16.5. The predicted octanol–water partition coefficient (Wildman–Crippen LogP) is 0.621. The van der Waals surface area contributed by atoms with E-state index in [0.717, 1.165) is 0 Å².